The van der Waals surface area contributed by atoms with E-state index in [2.05, 4.69) is 25.3 Å². The summed E-state index contributed by atoms with van der Waals surface area (Å²) in [6, 6.07) is 13.3. The van der Waals surface area contributed by atoms with Crippen molar-refractivity contribution < 1.29 is 38.8 Å². The minimum absolute atomic E-state index is 0.0923. The number of benzene rings is 2. The van der Waals surface area contributed by atoms with Gasteiger partial charge in [0, 0.05) is 18.3 Å². The summed E-state index contributed by atoms with van der Waals surface area (Å²) in [5, 5.41) is 35.6. The summed E-state index contributed by atoms with van der Waals surface area (Å²) in [5.74, 6) is -2.06. The number of imidazole rings is 1. The highest BCUT2D eigenvalue weighted by molar-refractivity contribution is 7.07. The Kier molecular flexibility index (Phi) is 9.66. The molecule has 1 aliphatic rings. The van der Waals surface area contributed by atoms with E-state index in [4.69, 9.17) is 21.1 Å². The van der Waals surface area contributed by atoms with E-state index in [0.29, 0.717) is 34.6 Å². The number of carboxylic acids is 2. The maximum atomic E-state index is 15.6. The smallest absolute Gasteiger partial charge is 0.342 e. The Bertz CT molecular complexity index is 1930. The molecule has 6 rings (SSSR count). The molecular formula is C32H30ClFN6O7S. The first kappa shape index (κ1) is 33.4. The van der Waals surface area contributed by atoms with Crippen LogP contribution in [0.25, 0.3) is 22.3 Å². The number of carboxylic acid groups (broad SMARTS) is 2. The number of aliphatic carboxylic acids is 1. The molecule has 0 amide bonds. The lowest BCUT2D eigenvalue weighted by Gasteiger charge is -2.30. The molecule has 250 valence electrons. The van der Waals surface area contributed by atoms with E-state index in [9.17, 15) is 24.9 Å². The molecule has 5 aromatic rings. The second kappa shape index (κ2) is 13.9. The van der Waals surface area contributed by atoms with Gasteiger partial charge in [0.15, 0.2) is 29.4 Å². The Balaban J connectivity index is 1.25. The SMILES string of the molecule is CCCNc1nc(Cl)nc2c1ncn2[C@@H]1O[C@H](COC(Cc2ccc(-c3ccccc3C(=O)O)cc2)(C(=O)O)c2cscn2)[C@@H](O)[C@@H]1F. The van der Waals surface area contributed by atoms with Crippen LogP contribution in [0.4, 0.5) is 10.2 Å². The van der Waals surface area contributed by atoms with Crippen molar-refractivity contribution in [3.63, 3.8) is 0 Å². The number of nitrogens with one attached hydrogen (secondary N) is 1. The Morgan fingerprint density at radius 1 is 1.15 bits per heavy atom. The van der Waals surface area contributed by atoms with Crippen molar-refractivity contribution in [1.82, 2.24) is 24.5 Å². The molecule has 5 atom stereocenters. The molecule has 1 fully saturated rings. The number of hydrogen-bond donors (Lipinski definition) is 4. The fourth-order valence-corrected chi connectivity index (χ4v) is 6.40. The van der Waals surface area contributed by atoms with Crippen LogP contribution in [0, 0.1) is 0 Å². The number of anilines is 1. The number of hydrogen-bond acceptors (Lipinski definition) is 11. The van der Waals surface area contributed by atoms with Gasteiger partial charge in [-0.25, -0.2) is 23.9 Å². The number of rotatable bonds is 13. The number of aliphatic hydroxyl groups is 1. The maximum Gasteiger partial charge on any atom is 0.342 e. The Morgan fingerprint density at radius 2 is 1.92 bits per heavy atom. The van der Waals surface area contributed by atoms with Crippen molar-refractivity contribution in [2.45, 2.75) is 50.0 Å². The maximum absolute atomic E-state index is 15.6. The first-order valence-corrected chi connectivity index (χ1v) is 16.2. The lowest BCUT2D eigenvalue weighted by molar-refractivity contribution is -0.177. The van der Waals surface area contributed by atoms with E-state index < -0.39 is 48.8 Å². The molecule has 0 bridgehead atoms. The summed E-state index contributed by atoms with van der Waals surface area (Å²) in [6.45, 7) is 2.06. The molecule has 4 heterocycles. The van der Waals surface area contributed by atoms with Gasteiger partial charge in [0.1, 0.15) is 12.2 Å². The Morgan fingerprint density at radius 3 is 2.60 bits per heavy atom. The summed E-state index contributed by atoms with van der Waals surface area (Å²) in [5.41, 5.74) is 1.88. The molecule has 2 aromatic carbocycles. The van der Waals surface area contributed by atoms with Crippen molar-refractivity contribution in [2.24, 2.45) is 0 Å². The second-order valence-electron chi connectivity index (χ2n) is 11.1. The first-order chi connectivity index (χ1) is 23.1. The third-order valence-corrected chi connectivity index (χ3v) is 8.82. The zero-order valence-electron chi connectivity index (χ0n) is 25.4. The molecule has 16 heteroatoms. The molecule has 1 aliphatic heterocycles. The summed E-state index contributed by atoms with van der Waals surface area (Å²) in [6.07, 6.45) is -4.34. The third-order valence-electron chi connectivity index (χ3n) is 8.07. The average Bonchev–Trinajstić information content (AvgIpc) is 3.83. The van der Waals surface area contributed by atoms with Crippen molar-refractivity contribution in [2.75, 3.05) is 18.5 Å². The molecule has 4 N–H and O–H groups in total. The van der Waals surface area contributed by atoms with Crippen LogP contribution in [0.3, 0.4) is 0 Å². The van der Waals surface area contributed by atoms with E-state index in [1.165, 1.54) is 33.8 Å². The topological polar surface area (TPSA) is 182 Å². The van der Waals surface area contributed by atoms with Crippen LogP contribution in [0.15, 0.2) is 65.7 Å². The van der Waals surface area contributed by atoms with Gasteiger partial charge in [-0.05, 0) is 40.8 Å². The number of carbonyl (C=O) groups is 2. The number of aromatic carboxylic acids is 1. The first-order valence-electron chi connectivity index (χ1n) is 14.9. The monoisotopic (exact) mass is 696 g/mol. The molecule has 48 heavy (non-hydrogen) atoms. The quantitative estimate of drug-likeness (QED) is 0.122. The molecule has 3 aromatic heterocycles. The van der Waals surface area contributed by atoms with Crippen LogP contribution in [0.2, 0.25) is 5.28 Å². The van der Waals surface area contributed by atoms with Crippen LogP contribution < -0.4 is 5.32 Å². The normalized spacial score (nSPS) is 20.5. The summed E-state index contributed by atoms with van der Waals surface area (Å²) in [7, 11) is 0. The molecule has 1 saturated heterocycles. The van der Waals surface area contributed by atoms with Crippen molar-refractivity contribution >= 4 is 51.9 Å². The number of aliphatic hydroxyl groups excluding tert-OH is 1. The zero-order valence-corrected chi connectivity index (χ0v) is 26.9. The molecule has 0 radical (unpaired) electrons. The van der Waals surface area contributed by atoms with E-state index in [0.717, 1.165) is 6.42 Å². The minimum atomic E-state index is -2.03. The van der Waals surface area contributed by atoms with E-state index in [-0.39, 0.29) is 28.6 Å². The number of halogens is 2. The van der Waals surface area contributed by atoms with E-state index >= 15 is 4.39 Å². The van der Waals surface area contributed by atoms with Crippen LogP contribution in [0.1, 0.15) is 41.2 Å². The number of nitrogens with zero attached hydrogens (tertiary/aromatic N) is 5. The molecule has 0 spiro atoms. The van der Waals surface area contributed by atoms with Crippen LogP contribution in [0.5, 0.6) is 0 Å². The summed E-state index contributed by atoms with van der Waals surface area (Å²) >= 11 is 7.32. The van der Waals surface area contributed by atoms with Gasteiger partial charge < -0.3 is 30.1 Å². The number of alkyl halides is 1. The van der Waals surface area contributed by atoms with Gasteiger partial charge in [0.2, 0.25) is 10.9 Å². The van der Waals surface area contributed by atoms with Crippen LogP contribution >= 0.6 is 22.9 Å². The van der Waals surface area contributed by atoms with Gasteiger partial charge in [-0.1, -0.05) is 49.4 Å². The number of ether oxygens (including phenoxy) is 2. The van der Waals surface area contributed by atoms with Crippen LogP contribution in [-0.4, -0.2) is 83.3 Å². The standard InChI is InChI=1S/C32H30ClFN6O7S/c1-2-11-35-26-24-27(39-31(33)38-26)40(15-36-24)28-23(34)25(41)21(47-28)13-46-32(30(44)45,22-14-48-16-37-22)12-17-7-9-18(10-8-17)19-5-3-4-6-20(19)29(42)43/h3-10,14-16,21,23,25,28,41H,2,11-13H2,1H3,(H,42,43)(H,44,45)(H,35,38,39)/t21-,23+,25-,28-,32?/m1/s1. The van der Waals surface area contributed by atoms with Crippen LogP contribution in [-0.2, 0) is 26.3 Å². The molecular weight excluding hydrogens is 667 g/mol. The Hall–Kier alpha value is -4.54. The van der Waals surface area contributed by atoms with E-state index in [1.807, 2.05) is 6.92 Å². The summed E-state index contributed by atoms with van der Waals surface area (Å²) in [4.78, 5) is 41.6. The molecule has 0 saturated carbocycles. The van der Waals surface area contributed by atoms with Gasteiger partial charge in [0.25, 0.3) is 0 Å². The van der Waals surface area contributed by atoms with Gasteiger partial charge >= 0.3 is 11.9 Å². The predicted molar refractivity (Wildman–Crippen MR) is 174 cm³/mol. The number of fused-ring (bicyclic) bond motifs is 1. The van der Waals surface area contributed by atoms with Crippen molar-refractivity contribution in [1.29, 1.82) is 0 Å². The number of aromatic nitrogens is 5. The van der Waals surface area contributed by atoms with Gasteiger partial charge in [-0.15, -0.1) is 11.3 Å². The molecule has 13 nitrogen and oxygen atoms in total. The average molecular weight is 697 g/mol. The predicted octanol–water partition coefficient (Wildman–Crippen LogP) is 4.96. The summed E-state index contributed by atoms with van der Waals surface area (Å²) < 4.78 is 29.0. The molecule has 0 aliphatic carbocycles. The van der Waals surface area contributed by atoms with Gasteiger partial charge in [-0.2, -0.15) is 9.97 Å². The lowest BCUT2D eigenvalue weighted by Crippen LogP contribution is -2.44. The Labute approximate surface area is 282 Å². The third kappa shape index (κ3) is 6.34. The van der Waals surface area contributed by atoms with Crippen molar-refractivity contribution in [3.8, 4) is 11.1 Å². The second-order valence-corrected chi connectivity index (χ2v) is 12.2. The fraction of sp³-hybridized carbons (Fsp3) is 0.312. The number of thiazole rings is 1. The van der Waals surface area contributed by atoms with Gasteiger partial charge in [0.05, 0.1) is 29.7 Å². The largest absolute Gasteiger partial charge is 0.479 e. The van der Waals surface area contributed by atoms with Gasteiger partial charge in [-0.3, -0.25) is 4.57 Å². The highest BCUT2D eigenvalue weighted by atomic mass is 35.5. The van der Waals surface area contributed by atoms with E-state index in [1.54, 1.807) is 47.8 Å². The highest BCUT2D eigenvalue weighted by Crippen LogP contribution is 2.38. The molecule has 1 unspecified atom stereocenters. The fourth-order valence-electron chi connectivity index (χ4n) is 5.62. The highest BCUT2D eigenvalue weighted by Gasteiger charge is 2.49. The van der Waals surface area contributed by atoms with Crippen molar-refractivity contribution in [3.05, 3.63) is 87.9 Å². The zero-order chi connectivity index (χ0) is 34.0. The minimum Gasteiger partial charge on any atom is -0.479 e. The lowest BCUT2D eigenvalue weighted by atomic mass is 9.90.